The van der Waals surface area contributed by atoms with E-state index in [2.05, 4.69) is 27.6 Å². The first-order valence-corrected chi connectivity index (χ1v) is 11.3. The molecule has 0 bridgehead atoms. The maximum Gasteiger partial charge on any atom is 0.233 e. The Balaban J connectivity index is 1.30. The highest BCUT2D eigenvalue weighted by Gasteiger charge is 2.21. The molecule has 2 aromatic carbocycles. The summed E-state index contributed by atoms with van der Waals surface area (Å²) in [4.78, 5) is 26.9. The average Bonchev–Trinajstić information content (AvgIpc) is 3.12. The number of benzene rings is 2. The van der Waals surface area contributed by atoms with Gasteiger partial charge in [-0.05, 0) is 41.8 Å². The molecule has 7 nitrogen and oxygen atoms in total. The van der Waals surface area contributed by atoms with Gasteiger partial charge in [-0.3, -0.25) is 9.59 Å². The van der Waals surface area contributed by atoms with Crippen molar-refractivity contribution in [3.8, 4) is 0 Å². The zero-order valence-corrected chi connectivity index (χ0v) is 18.6. The lowest BCUT2D eigenvalue weighted by Gasteiger charge is -2.28. The Labute approximate surface area is 189 Å². The minimum Gasteiger partial charge on any atom is -0.337 e. The summed E-state index contributed by atoms with van der Waals surface area (Å²) < 4.78 is 1.75. The predicted molar refractivity (Wildman–Crippen MR) is 121 cm³/mol. The highest BCUT2D eigenvalue weighted by molar-refractivity contribution is 7.99. The Kier molecular flexibility index (Phi) is 6.58. The summed E-state index contributed by atoms with van der Waals surface area (Å²) in [6.07, 6.45) is 0.965. The molecule has 1 aliphatic heterocycles. The van der Waals surface area contributed by atoms with Gasteiger partial charge in [0.2, 0.25) is 11.8 Å². The zero-order valence-electron chi connectivity index (χ0n) is 17.0. The second kappa shape index (κ2) is 9.53. The van der Waals surface area contributed by atoms with Crippen molar-refractivity contribution in [1.82, 2.24) is 19.7 Å². The Morgan fingerprint density at radius 1 is 1.10 bits per heavy atom. The van der Waals surface area contributed by atoms with Crippen molar-refractivity contribution in [3.63, 3.8) is 0 Å². The van der Waals surface area contributed by atoms with Gasteiger partial charge in [-0.15, -0.1) is 10.2 Å². The molecular formula is C22H22ClN5O2S. The quantitative estimate of drug-likeness (QED) is 0.577. The normalized spacial score (nSPS) is 13.0. The van der Waals surface area contributed by atoms with Crippen LogP contribution >= 0.6 is 23.4 Å². The van der Waals surface area contributed by atoms with E-state index in [1.807, 2.05) is 17.0 Å². The molecule has 2 heterocycles. The molecule has 0 atom stereocenters. The van der Waals surface area contributed by atoms with Crippen LogP contribution in [0, 0.1) is 0 Å². The van der Waals surface area contributed by atoms with Crippen LogP contribution in [0.3, 0.4) is 0 Å². The third-order valence-electron chi connectivity index (χ3n) is 5.18. The minimum atomic E-state index is -0.197. The SMILES string of the molecule is Cn1c(CC(=O)Nc2ccc(Cl)cc2)nnc1SCC(=O)N1CCc2ccccc2C1. The third kappa shape index (κ3) is 5.26. The zero-order chi connectivity index (χ0) is 21.8. The number of hydrogen-bond donors (Lipinski definition) is 1. The number of halogens is 1. The van der Waals surface area contributed by atoms with Crippen LogP contribution in [0.15, 0.2) is 53.7 Å². The van der Waals surface area contributed by atoms with E-state index in [4.69, 9.17) is 11.6 Å². The first-order valence-electron chi connectivity index (χ1n) is 9.90. The molecule has 0 fully saturated rings. The van der Waals surface area contributed by atoms with Gasteiger partial charge in [-0.1, -0.05) is 47.6 Å². The van der Waals surface area contributed by atoms with E-state index < -0.39 is 0 Å². The summed E-state index contributed by atoms with van der Waals surface area (Å²) in [5.74, 6) is 0.695. The number of aromatic nitrogens is 3. The number of nitrogens with one attached hydrogen (secondary N) is 1. The number of carbonyl (C=O) groups excluding carboxylic acids is 2. The molecule has 0 saturated heterocycles. The first kappa shape index (κ1) is 21.4. The van der Waals surface area contributed by atoms with Crippen LogP contribution in [0.4, 0.5) is 5.69 Å². The molecule has 0 spiro atoms. The van der Waals surface area contributed by atoms with Gasteiger partial charge in [0.25, 0.3) is 0 Å². The van der Waals surface area contributed by atoms with Gasteiger partial charge in [-0.2, -0.15) is 0 Å². The summed E-state index contributed by atoms with van der Waals surface area (Å²) in [6.45, 7) is 1.37. The molecule has 9 heteroatoms. The van der Waals surface area contributed by atoms with Crippen molar-refractivity contribution < 1.29 is 9.59 Å². The fraction of sp³-hybridized carbons (Fsp3) is 0.273. The molecule has 0 saturated carbocycles. The molecular weight excluding hydrogens is 434 g/mol. The van der Waals surface area contributed by atoms with E-state index in [0.717, 1.165) is 13.0 Å². The Hall–Kier alpha value is -2.84. The van der Waals surface area contributed by atoms with Crippen LogP contribution in [0.5, 0.6) is 0 Å². The maximum atomic E-state index is 12.7. The highest BCUT2D eigenvalue weighted by atomic mass is 35.5. The maximum absolute atomic E-state index is 12.7. The minimum absolute atomic E-state index is 0.0736. The monoisotopic (exact) mass is 455 g/mol. The van der Waals surface area contributed by atoms with Gasteiger partial charge >= 0.3 is 0 Å². The number of carbonyl (C=O) groups is 2. The summed E-state index contributed by atoms with van der Waals surface area (Å²) in [5.41, 5.74) is 3.19. The number of amides is 2. The fourth-order valence-electron chi connectivity index (χ4n) is 3.43. The first-order chi connectivity index (χ1) is 15.0. The number of fused-ring (bicyclic) bond motifs is 1. The van der Waals surface area contributed by atoms with Gasteiger partial charge in [0, 0.05) is 30.8 Å². The summed E-state index contributed by atoms with van der Waals surface area (Å²) in [7, 11) is 1.80. The van der Waals surface area contributed by atoms with E-state index in [1.54, 1.807) is 35.9 Å². The van der Waals surface area contributed by atoms with E-state index >= 15 is 0 Å². The number of thioether (sulfide) groups is 1. The van der Waals surface area contributed by atoms with Crippen molar-refractivity contribution in [3.05, 3.63) is 70.5 Å². The lowest BCUT2D eigenvalue weighted by Crippen LogP contribution is -2.37. The van der Waals surface area contributed by atoms with Crippen LogP contribution < -0.4 is 5.32 Å². The lowest BCUT2D eigenvalue weighted by atomic mass is 10.00. The largest absolute Gasteiger partial charge is 0.337 e. The van der Waals surface area contributed by atoms with Gasteiger partial charge in [0.15, 0.2) is 5.16 Å². The number of rotatable bonds is 6. The van der Waals surface area contributed by atoms with Gasteiger partial charge in [-0.25, -0.2) is 0 Å². The van der Waals surface area contributed by atoms with Crippen LogP contribution in [0.2, 0.25) is 5.02 Å². The number of anilines is 1. The number of hydrogen-bond acceptors (Lipinski definition) is 5. The molecule has 0 radical (unpaired) electrons. The topological polar surface area (TPSA) is 80.1 Å². The van der Waals surface area contributed by atoms with Crippen molar-refractivity contribution in [2.45, 2.75) is 24.5 Å². The standard InChI is InChI=1S/C22H22ClN5O2S/c1-27-19(12-20(29)24-18-8-6-17(23)7-9-18)25-26-22(27)31-14-21(30)28-11-10-15-4-2-3-5-16(15)13-28/h2-9H,10-14H2,1H3,(H,24,29). The van der Waals surface area contributed by atoms with Crippen LogP contribution in [0.25, 0.3) is 0 Å². The van der Waals surface area contributed by atoms with Crippen LogP contribution in [0.1, 0.15) is 17.0 Å². The second-order valence-electron chi connectivity index (χ2n) is 7.31. The van der Waals surface area contributed by atoms with Gasteiger partial charge < -0.3 is 14.8 Å². The lowest BCUT2D eigenvalue weighted by molar-refractivity contribution is -0.129. The fourth-order valence-corrected chi connectivity index (χ4v) is 4.39. The van der Waals surface area contributed by atoms with E-state index in [0.29, 0.717) is 28.2 Å². The van der Waals surface area contributed by atoms with E-state index in [-0.39, 0.29) is 24.0 Å². The smallest absolute Gasteiger partial charge is 0.233 e. The predicted octanol–water partition coefficient (Wildman–Crippen LogP) is 3.33. The van der Waals surface area contributed by atoms with E-state index in [9.17, 15) is 9.59 Å². The Morgan fingerprint density at radius 3 is 2.61 bits per heavy atom. The van der Waals surface area contributed by atoms with Crippen molar-refractivity contribution in [2.24, 2.45) is 7.05 Å². The summed E-state index contributed by atoms with van der Waals surface area (Å²) in [6, 6.07) is 15.1. The van der Waals surface area contributed by atoms with Gasteiger partial charge in [0.05, 0.1) is 12.2 Å². The van der Waals surface area contributed by atoms with Crippen molar-refractivity contribution in [1.29, 1.82) is 0 Å². The molecule has 0 aliphatic carbocycles. The summed E-state index contributed by atoms with van der Waals surface area (Å²) in [5, 5.41) is 12.3. The average molecular weight is 456 g/mol. The summed E-state index contributed by atoms with van der Waals surface area (Å²) >= 11 is 7.20. The molecule has 1 N–H and O–H groups in total. The molecule has 31 heavy (non-hydrogen) atoms. The van der Waals surface area contributed by atoms with E-state index in [1.165, 1.54) is 22.9 Å². The van der Waals surface area contributed by atoms with Crippen LogP contribution in [-0.4, -0.2) is 43.8 Å². The molecule has 0 unspecified atom stereocenters. The second-order valence-corrected chi connectivity index (χ2v) is 8.69. The third-order valence-corrected chi connectivity index (χ3v) is 6.44. The molecule has 3 aromatic rings. The Morgan fingerprint density at radius 2 is 1.84 bits per heavy atom. The number of nitrogens with zero attached hydrogens (tertiary/aromatic N) is 4. The van der Waals surface area contributed by atoms with Crippen molar-refractivity contribution in [2.75, 3.05) is 17.6 Å². The van der Waals surface area contributed by atoms with Gasteiger partial charge in [0.1, 0.15) is 5.82 Å². The molecule has 160 valence electrons. The van der Waals surface area contributed by atoms with Crippen LogP contribution in [-0.2, 0) is 36.0 Å². The van der Waals surface area contributed by atoms with Crippen molar-refractivity contribution >= 4 is 40.9 Å². The molecule has 4 rings (SSSR count). The molecule has 1 aromatic heterocycles. The Bertz CT molecular complexity index is 1100. The molecule has 2 amide bonds. The highest BCUT2D eigenvalue weighted by Crippen LogP contribution is 2.21. The molecule has 1 aliphatic rings.